The van der Waals surface area contributed by atoms with E-state index in [1.165, 1.54) is 6.07 Å². The summed E-state index contributed by atoms with van der Waals surface area (Å²) in [6.45, 7) is 7.03. The molecule has 0 fully saturated rings. The molecule has 0 bridgehead atoms. The molecule has 0 heterocycles. The maximum absolute atomic E-state index is 12.2. The summed E-state index contributed by atoms with van der Waals surface area (Å²) in [5.74, 6) is -1.11. The number of aryl methyl sites for hydroxylation is 1. The predicted octanol–water partition coefficient (Wildman–Crippen LogP) is 2.57. The normalized spacial score (nSPS) is 10.2. The van der Waals surface area contributed by atoms with Gasteiger partial charge in [0.15, 0.2) is 0 Å². The standard InChI is InChI=1S/C14H19NO3/c1-4-6-15(5-2)13(16)11-7-10(3)8-12(9-11)14(17)18/h7-9H,4-6H2,1-3H3,(H,17,18). The van der Waals surface area contributed by atoms with Crippen molar-refractivity contribution in [3.05, 3.63) is 34.9 Å². The Bertz CT molecular complexity index is 454. The second-order valence-electron chi connectivity index (χ2n) is 4.28. The predicted molar refractivity (Wildman–Crippen MR) is 70.0 cm³/mol. The number of hydrogen-bond donors (Lipinski definition) is 1. The number of carbonyl (C=O) groups is 2. The Hall–Kier alpha value is -1.84. The Morgan fingerprint density at radius 1 is 1.17 bits per heavy atom. The quantitative estimate of drug-likeness (QED) is 0.872. The first-order chi connectivity index (χ1) is 8.49. The Morgan fingerprint density at radius 2 is 1.78 bits per heavy atom. The van der Waals surface area contributed by atoms with Crippen LogP contribution in [-0.4, -0.2) is 35.0 Å². The van der Waals surface area contributed by atoms with Crippen LogP contribution in [0.15, 0.2) is 18.2 Å². The van der Waals surface area contributed by atoms with E-state index < -0.39 is 5.97 Å². The third-order valence-electron chi connectivity index (χ3n) is 2.73. The van der Waals surface area contributed by atoms with E-state index in [-0.39, 0.29) is 11.5 Å². The average Bonchev–Trinajstić information content (AvgIpc) is 2.34. The van der Waals surface area contributed by atoms with Crippen LogP contribution in [0.25, 0.3) is 0 Å². The van der Waals surface area contributed by atoms with Crippen LogP contribution in [0.2, 0.25) is 0 Å². The summed E-state index contributed by atoms with van der Waals surface area (Å²) < 4.78 is 0. The highest BCUT2D eigenvalue weighted by molar-refractivity contribution is 5.97. The highest BCUT2D eigenvalue weighted by Gasteiger charge is 2.15. The molecule has 0 aliphatic heterocycles. The van der Waals surface area contributed by atoms with Gasteiger partial charge in [-0.05, 0) is 44.0 Å². The van der Waals surface area contributed by atoms with Crippen LogP contribution in [0.3, 0.4) is 0 Å². The maximum atomic E-state index is 12.2. The van der Waals surface area contributed by atoms with Gasteiger partial charge in [0.2, 0.25) is 0 Å². The average molecular weight is 249 g/mol. The van der Waals surface area contributed by atoms with Gasteiger partial charge in [0.05, 0.1) is 5.56 Å². The van der Waals surface area contributed by atoms with Gasteiger partial charge in [-0.3, -0.25) is 4.79 Å². The van der Waals surface area contributed by atoms with E-state index in [0.29, 0.717) is 18.7 Å². The van der Waals surface area contributed by atoms with Crippen molar-refractivity contribution in [3.8, 4) is 0 Å². The molecule has 1 rings (SSSR count). The molecular weight excluding hydrogens is 230 g/mol. The van der Waals surface area contributed by atoms with E-state index in [0.717, 1.165) is 12.0 Å². The maximum Gasteiger partial charge on any atom is 0.335 e. The van der Waals surface area contributed by atoms with Gasteiger partial charge in [-0.25, -0.2) is 4.79 Å². The zero-order valence-electron chi connectivity index (χ0n) is 11.1. The topological polar surface area (TPSA) is 57.6 Å². The van der Waals surface area contributed by atoms with Crippen molar-refractivity contribution < 1.29 is 14.7 Å². The first-order valence-corrected chi connectivity index (χ1v) is 6.13. The summed E-state index contributed by atoms with van der Waals surface area (Å²) in [5, 5.41) is 8.99. The van der Waals surface area contributed by atoms with Gasteiger partial charge in [-0.1, -0.05) is 6.92 Å². The highest BCUT2D eigenvalue weighted by atomic mass is 16.4. The summed E-state index contributed by atoms with van der Waals surface area (Å²) >= 11 is 0. The van der Waals surface area contributed by atoms with Gasteiger partial charge in [0, 0.05) is 18.7 Å². The van der Waals surface area contributed by atoms with Crippen LogP contribution in [0, 0.1) is 6.92 Å². The van der Waals surface area contributed by atoms with Gasteiger partial charge in [0.25, 0.3) is 5.91 Å². The fourth-order valence-electron chi connectivity index (χ4n) is 1.89. The molecule has 0 spiro atoms. The minimum absolute atomic E-state index is 0.106. The lowest BCUT2D eigenvalue weighted by Gasteiger charge is -2.20. The van der Waals surface area contributed by atoms with E-state index >= 15 is 0 Å². The lowest BCUT2D eigenvalue weighted by molar-refractivity contribution is 0.0696. The van der Waals surface area contributed by atoms with E-state index in [1.807, 2.05) is 13.8 Å². The third kappa shape index (κ3) is 3.32. The van der Waals surface area contributed by atoms with Crippen molar-refractivity contribution in [1.82, 2.24) is 4.90 Å². The largest absolute Gasteiger partial charge is 0.478 e. The fourth-order valence-corrected chi connectivity index (χ4v) is 1.89. The number of carbonyl (C=O) groups excluding carboxylic acids is 1. The Balaban J connectivity index is 3.08. The molecule has 0 radical (unpaired) electrons. The zero-order chi connectivity index (χ0) is 13.7. The van der Waals surface area contributed by atoms with Gasteiger partial charge >= 0.3 is 5.97 Å². The van der Waals surface area contributed by atoms with E-state index in [4.69, 9.17) is 5.11 Å². The number of carboxylic acids is 1. The van der Waals surface area contributed by atoms with Crippen LogP contribution in [0.4, 0.5) is 0 Å². The van der Waals surface area contributed by atoms with E-state index in [2.05, 4.69) is 0 Å². The molecule has 0 aliphatic carbocycles. The molecule has 18 heavy (non-hydrogen) atoms. The van der Waals surface area contributed by atoms with Gasteiger partial charge in [0.1, 0.15) is 0 Å². The minimum atomic E-state index is -1.01. The first-order valence-electron chi connectivity index (χ1n) is 6.13. The fraction of sp³-hybridized carbons (Fsp3) is 0.429. The molecule has 0 atom stereocenters. The minimum Gasteiger partial charge on any atom is -0.478 e. The summed E-state index contributed by atoms with van der Waals surface area (Å²) in [6.07, 6.45) is 0.886. The highest BCUT2D eigenvalue weighted by Crippen LogP contribution is 2.12. The Labute approximate surface area is 107 Å². The number of amides is 1. The molecule has 1 aromatic carbocycles. The summed E-state index contributed by atoms with van der Waals surface area (Å²) in [5.41, 5.74) is 1.39. The molecule has 98 valence electrons. The Morgan fingerprint density at radius 3 is 2.28 bits per heavy atom. The summed E-state index contributed by atoms with van der Waals surface area (Å²) in [4.78, 5) is 24.9. The molecule has 1 amide bonds. The third-order valence-corrected chi connectivity index (χ3v) is 2.73. The van der Waals surface area contributed by atoms with Crippen molar-refractivity contribution in [1.29, 1.82) is 0 Å². The van der Waals surface area contributed by atoms with Gasteiger partial charge in [-0.2, -0.15) is 0 Å². The smallest absolute Gasteiger partial charge is 0.335 e. The molecule has 4 nitrogen and oxygen atoms in total. The van der Waals surface area contributed by atoms with Crippen LogP contribution in [-0.2, 0) is 0 Å². The molecular formula is C14H19NO3. The summed E-state index contributed by atoms with van der Waals surface area (Å²) in [7, 11) is 0. The number of benzene rings is 1. The molecule has 0 unspecified atom stereocenters. The van der Waals surface area contributed by atoms with E-state index in [1.54, 1.807) is 24.0 Å². The molecule has 0 saturated heterocycles. The van der Waals surface area contributed by atoms with Crippen molar-refractivity contribution in [2.45, 2.75) is 27.2 Å². The monoisotopic (exact) mass is 249 g/mol. The van der Waals surface area contributed by atoms with E-state index in [9.17, 15) is 9.59 Å². The number of rotatable bonds is 5. The Kier molecular flexibility index (Phi) is 4.89. The molecule has 0 aliphatic rings. The number of hydrogen-bond acceptors (Lipinski definition) is 2. The first kappa shape index (κ1) is 14.2. The van der Waals surface area contributed by atoms with Crippen molar-refractivity contribution in [3.63, 3.8) is 0 Å². The second kappa shape index (κ2) is 6.19. The molecule has 1 aromatic rings. The number of nitrogens with zero attached hydrogens (tertiary/aromatic N) is 1. The van der Waals surface area contributed by atoms with Crippen LogP contribution in [0.5, 0.6) is 0 Å². The van der Waals surface area contributed by atoms with Crippen molar-refractivity contribution in [2.75, 3.05) is 13.1 Å². The SMILES string of the molecule is CCCN(CC)C(=O)c1cc(C)cc(C(=O)O)c1. The number of aromatic carboxylic acids is 1. The van der Waals surface area contributed by atoms with Crippen molar-refractivity contribution >= 4 is 11.9 Å². The lowest BCUT2D eigenvalue weighted by Crippen LogP contribution is -2.31. The van der Waals surface area contributed by atoms with Crippen molar-refractivity contribution in [2.24, 2.45) is 0 Å². The molecule has 0 aromatic heterocycles. The van der Waals surface area contributed by atoms with Gasteiger partial charge in [-0.15, -0.1) is 0 Å². The zero-order valence-corrected chi connectivity index (χ0v) is 11.1. The molecule has 4 heteroatoms. The molecule has 1 N–H and O–H groups in total. The van der Waals surface area contributed by atoms with Crippen LogP contribution >= 0.6 is 0 Å². The summed E-state index contributed by atoms with van der Waals surface area (Å²) in [6, 6.07) is 4.73. The molecule has 0 saturated carbocycles. The lowest BCUT2D eigenvalue weighted by atomic mass is 10.1. The second-order valence-corrected chi connectivity index (χ2v) is 4.28. The van der Waals surface area contributed by atoms with Crippen LogP contribution < -0.4 is 0 Å². The van der Waals surface area contributed by atoms with Crippen LogP contribution in [0.1, 0.15) is 46.5 Å². The number of carboxylic acid groups (broad SMARTS) is 1. The van der Waals surface area contributed by atoms with Gasteiger partial charge < -0.3 is 10.0 Å².